The minimum Gasteiger partial charge on any atom is -0.376 e. The Balaban J connectivity index is 2.19. The van der Waals surface area contributed by atoms with Crippen LogP contribution >= 0.6 is 0 Å². The molecule has 1 aromatic rings. The van der Waals surface area contributed by atoms with Crippen molar-refractivity contribution in [2.24, 2.45) is 11.8 Å². The molecule has 0 aromatic carbocycles. The highest BCUT2D eigenvalue weighted by molar-refractivity contribution is 5.10. The van der Waals surface area contributed by atoms with E-state index in [1.165, 1.54) is 0 Å². The third-order valence-electron chi connectivity index (χ3n) is 3.46. The summed E-state index contributed by atoms with van der Waals surface area (Å²) >= 11 is 0. The topological polar surface area (TPSA) is 65.1 Å². The Hall–Kier alpha value is -0.910. The Morgan fingerprint density at radius 1 is 1.71 bits per heavy atom. The molecule has 0 spiro atoms. The van der Waals surface area contributed by atoms with Crippen LogP contribution in [-0.2, 0) is 11.3 Å². The summed E-state index contributed by atoms with van der Waals surface area (Å²) in [6, 6.07) is 2.05. The highest BCUT2D eigenvalue weighted by atomic mass is 16.5. The summed E-state index contributed by atoms with van der Waals surface area (Å²) in [5, 5.41) is 4.34. The number of nitrogens with two attached hydrogens (primary N) is 1. The fraction of sp³-hybridized carbons (Fsp3) is 0.750. The van der Waals surface area contributed by atoms with Gasteiger partial charge in [-0.15, -0.1) is 0 Å². The number of ether oxygens (including phenoxy) is 1. The van der Waals surface area contributed by atoms with Crippen molar-refractivity contribution in [2.75, 3.05) is 6.61 Å². The zero-order valence-corrected chi connectivity index (χ0v) is 10.6. The number of hydrogen-bond donors (Lipinski definition) is 2. The fourth-order valence-corrected chi connectivity index (χ4v) is 2.50. The summed E-state index contributed by atoms with van der Waals surface area (Å²) in [6.07, 6.45) is 4.14. The van der Waals surface area contributed by atoms with Gasteiger partial charge in [0.15, 0.2) is 0 Å². The monoisotopic (exact) mass is 238 g/mol. The predicted molar refractivity (Wildman–Crippen MR) is 66.1 cm³/mol. The molecule has 0 bridgehead atoms. The van der Waals surface area contributed by atoms with Crippen molar-refractivity contribution < 1.29 is 4.74 Å². The van der Waals surface area contributed by atoms with Gasteiger partial charge in [-0.3, -0.25) is 10.5 Å². The lowest BCUT2D eigenvalue weighted by Gasteiger charge is -2.26. The second-order valence-corrected chi connectivity index (χ2v) is 4.72. The molecule has 0 amide bonds. The second-order valence-electron chi connectivity index (χ2n) is 4.72. The molecular formula is C12H22N4O. The predicted octanol–water partition coefficient (Wildman–Crippen LogP) is 1.22. The number of rotatable bonds is 5. The van der Waals surface area contributed by atoms with Crippen molar-refractivity contribution in [1.29, 1.82) is 0 Å². The molecule has 5 nitrogen and oxygen atoms in total. The Morgan fingerprint density at radius 3 is 3.12 bits per heavy atom. The molecular weight excluding hydrogens is 216 g/mol. The van der Waals surface area contributed by atoms with Gasteiger partial charge >= 0.3 is 0 Å². The van der Waals surface area contributed by atoms with E-state index in [9.17, 15) is 0 Å². The minimum atomic E-state index is 0.0292. The molecule has 0 saturated carbocycles. The van der Waals surface area contributed by atoms with Crippen LogP contribution in [0.4, 0.5) is 0 Å². The van der Waals surface area contributed by atoms with E-state index >= 15 is 0 Å². The molecule has 0 aliphatic carbocycles. The van der Waals surface area contributed by atoms with Crippen molar-refractivity contribution in [1.82, 2.24) is 15.2 Å². The molecule has 3 unspecified atom stereocenters. The highest BCUT2D eigenvalue weighted by Crippen LogP contribution is 2.30. The maximum Gasteiger partial charge on any atom is 0.0892 e. The first kappa shape index (κ1) is 12.5. The first-order valence-corrected chi connectivity index (χ1v) is 6.37. The van der Waals surface area contributed by atoms with Crippen molar-refractivity contribution in [3.05, 3.63) is 18.0 Å². The van der Waals surface area contributed by atoms with E-state index in [0.29, 0.717) is 5.92 Å². The number of nitrogens with one attached hydrogen (secondary N) is 1. The third kappa shape index (κ3) is 2.51. The summed E-state index contributed by atoms with van der Waals surface area (Å²) in [7, 11) is 0. The van der Waals surface area contributed by atoms with Gasteiger partial charge in [-0.25, -0.2) is 5.43 Å². The summed E-state index contributed by atoms with van der Waals surface area (Å²) in [4.78, 5) is 0. The SMILES string of the molecule is CCCn1nccc1C(NN)C1OCCC1C. The first-order chi connectivity index (χ1) is 8.27. The normalized spacial score (nSPS) is 26.3. The van der Waals surface area contributed by atoms with Gasteiger partial charge in [-0.1, -0.05) is 13.8 Å². The van der Waals surface area contributed by atoms with E-state index in [1.54, 1.807) is 0 Å². The number of hydrogen-bond acceptors (Lipinski definition) is 4. The molecule has 3 N–H and O–H groups in total. The minimum absolute atomic E-state index is 0.0292. The lowest BCUT2D eigenvalue weighted by Crippen LogP contribution is -2.40. The quantitative estimate of drug-likeness (QED) is 0.598. The molecule has 3 atom stereocenters. The Morgan fingerprint density at radius 2 is 2.53 bits per heavy atom. The van der Waals surface area contributed by atoms with Crippen LogP contribution in [0, 0.1) is 5.92 Å². The number of aryl methyl sites for hydroxylation is 1. The van der Waals surface area contributed by atoms with Crippen molar-refractivity contribution in [3.63, 3.8) is 0 Å². The van der Waals surface area contributed by atoms with Gasteiger partial charge in [0.2, 0.25) is 0 Å². The van der Waals surface area contributed by atoms with E-state index in [4.69, 9.17) is 10.6 Å². The molecule has 1 aliphatic heterocycles. The third-order valence-corrected chi connectivity index (χ3v) is 3.46. The molecule has 0 radical (unpaired) electrons. The van der Waals surface area contributed by atoms with Gasteiger partial charge in [-0.05, 0) is 24.8 Å². The van der Waals surface area contributed by atoms with Crippen LogP contribution in [0.2, 0.25) is 0 Å². The van der Waals surface area contributed by atoms with Gasteiger partial charge in [0, 0.05) is 19.3 Å². The molecule has 2 rings (SSSR count). The largest absolute Gasteiger partial charge is 0.376 e. The zero-order chi connectivity index (χ0) is 12.3. The van der Waals surface area contributed by atoms with E-state index in [1.807, 2.05) is 16.9 Å². The highest BCUT2D eigenvalue weighted by Gasteiger charge is 2.34. The molecule has 1 fully saturated rings. The first-order valence-electron chi connectivity index (χ1n) is 6.37. The summed E-state index contributed by atoms with van der Waals surface area (Å²) < 4.78 is 7.80. The summed E-state index contributed by atoms with van der Waals surface area (Å²) in [5.41, 5.74) is 4.01. The Bertz CT molecular complexity index is 352. The van der Waals surface area contributed by atoms with Gasteiger partial charge in [0.05, 0.1) is 17.8 Å². The van der Waals surface area contributed by atoms with Crippen molar-refractivity contribution in [2.45, 2.75) is 45.4 Å². The van der Waals surface area contributed by atoms with Gasteiger partial charge < -0.3 is 4.74 Å². The van der Waals surface area contributed by atoms with E-state index in [-0.39, 0.29) is 12.1 Å². The molecule has 5 heteroatoms. The van der Waals surface area contributed by atoms with Crippen LogP contribution in [-0.4, -0.2) is 22.5 Å². The average molecular weight is 238 g/mol. The van der Waals surface area contributed by atoms with Crippen LogP contribution in [0.1, 0.15) is 38.4 Å². The van der Waals surface area contributed by atoms with Gasteiger partial charge in [0.25, 0.3) is 0 Å². The zero-order valence-electron chi connectivity index (χ0n) is 10.6. The van der Waals surface area contributed by atoms with Crippen LogP contribution < -0.4 is 11.3 Å². The summed E-state index contributed by atoms with van der Waals surface area (Å²) in [5.74, 6) is 6.23. The number of aromatic nitrogens is 2. The van der Waals surface area contributed by atoms with Gasteiger partial charge in [-0.2, -0.15) is 5.10 Å². The van der Waals surface area contributed by atoms with Crippen LogP contribution in [0.15, 0.2) is 12.3 Å². The molecule has 1 aliphatic rings. The maximum absolute atomic E-state index is 5.79. The Labute approximate surface area is 102 Å². The molecule has 96 valence electrons. The Kier molecular flexibility index (Phi) is 4.15. The summed E-state index contributed by atoms with van der Waals surface area (Å²) in [6.45, 7) is 6.10. The lowest BCUT2D eigenvalue weighted by molar-refractivity contribution is 0.0579. The standard InChI is InChI=1S/C12H22N4O/c1-3-7-16-10(4-6-14-16)11(15-13)12-9(2)5-8-17-12/h4,6,9,11-12,15H,3,5,7-8,13H2,1-2H3. The van der Waals surface area contributed by atoms with E-state index < -0.39 is 0 Å². The fourth-order valence-electron chi connectivity index (χ4n) is 2.50. The molecule has 17 heavy (non-hydrogen) atoms. The smallest absolute Gasteiger partial charge is 0.0892 e. The average Bonchev–Trinajstić information content (AvgIpc) is 2.92. The van der Waals surface area contributed by atoms with Crippen molar-refractivity contribution in [3.8, 4) is 0 Å². The second kappa shape index (κ2) is 5.62. The number of hydrazine groups is 1. The molecule has 1 aromatic heterocycles. The lowest BCUT2D eigenvalue weighted by atomic mass is 9.96. The number of nitrogens with zero attached hydrogens (tertiary/aromatic N) is 2. The van der Waals surface area contributed by atoms with Gasteiger partial charge in [0.1, 0.15) is 0 Å². The van der Waals surface area contributed by atoms with E-state index in [0.717, 1.165) is 31.7 Å². The molecule has 2 heterocycles. The van der Waals surface area contributed by atoms with Crippen LogP contribution in [0.3, 0.4) is 0 Å². The van der Waals surface area contributed by atoms with Crippen molar-refractivity contribution >= 4 is 0 Å². The van der Waals surface area contributed by atoms with Crippen LogP contribution in [0.25, 0.3) is 0 Å². The maximum atomic E-state index is 5.79. The molecule has 1 saturated heterocycles. The van der Waals surface area contributed by atoms with E-state index in [2.05, 4.69) is 24.4 Å². The van der Waals surface area contributed by atoms with Crippen LogP contribution in [0.5, 0.6) is 0 Å².